The van der Waals surface area contributed by atoms with E-state index in [4.69, 9.17) is 11.6 Å². The number of rotatable bonds is 3. The van der Waals surface area contributed by atoms with E-state index in [1.807, 2.05) is 90.5 Å². The van der Waals surface area contributed by atoms with Gasteiger partial charge in [-0.3, -0.25) is 4.79 Å². The van der Waals surface area contributed by atoms with Gasteiger partial charge in [0, 0.05) is 22.6 Å². The van der Waals surface area contributed by atoms with Gasteiger partial charge in [0.1, 0.15) is 0 Å². The number of hydrazone groups is 1. The Labute approximate surface area is 156 Å². The van der Waals surface area contributed by atoms with Crippen LogP contribution < -0.4 is 5.01 Å². The third-order valence-corrected chi connectivity index (χ3v) is 4.49. The number of aromatic nitrogens is 1. The third-order valence-electron chi connectivity index (χ3n) is 4.24. The number of halogens is 1. The summed E-state index contributed by atoms with van der Waals surface area (Å²) in [5, 5.41) is 6.55. The molecule has 4 rings (SSSR count). The zero-order chi connectivity index (χ0) is 18.1. The van der Waals surface area contributed by atoms with Crippen LogP contribution in [0.2, 0.25) is 5.02 Å². The van der Waals surface area contributed by atoms with E-state index in [9.17, 15) is 4.79 Å². The topological polar surface area (TPSA) is 37.6 Å². The van der Waals surface area contributed by atoms with Crippen LogP contribution >= 0.6 is 11.6 Å². The number of carbonyl (C=O) groups is 1. The van der Waals surface area contributed by atoms with Crippen LogP contribution in [0.5, 0.6) is 0 Å². The van der Waals surface area contributed by atoms with Crippen LogP contribution in [-0.4, -0.2) is 16.2 Å². The lowest BCUT2D eigenvalue weighted by molar-refractivity contribution is -0.114. The molecule has 0 atom stereocenters. The van der Waals surface area contributed by atoms with Crippen molar-refractivity contribution in [3.8, 4) is 5.69 Å². The monoisotopic (exact) mass is 361 g/mol. The Morgan fingerprint density at radius 2 is 1.65 bits per heavy atom. The van der Waals surface area contributed by atoms with E-state index in [0.29, 0.717) is 16.3 Å². The molecule has 1 aromatic heterocycles. The number of amides is 1. The lowest BCUT2D eigenvalue weighted by atomic mass is 10.1. The van der Waals surface area contributed by atoms with Crippen molar-refractivity contribution < 1.29 is 4.79 Å². The normalized spacial score (nSPS) is 15.6. The number of hydrogen-bond acceptors (Lipinski definition) is 2. The first-order valence-electron chi connectivity index (χ1n) is 8.23. The molecule has 26 heavy (non-hydrogen) atoms. The third kappa shape index (κ3) is 2.95. The van der Waals surface area contributed by atoms with E-state index in [1.165, 1.54) is 5.01 Å². The van der Waals surface area contributed by atoms with Gasteiger partial charge in [-0.1, -0.05) is 29.8 Å². The van der Waals surface area contributed by atoms with Gasteiger partial charge in [0.15, 0.2) is 0 Å². The summed E-state index contributed by atoms with van der Waals surface area (Å²) in [6.45, 7) is 1.85. The van der Waals surface area contributed by atoms with E-state index in [-0.39, 0.29) is 5.91 Å². The first kappa shape index (κ1) is 16.4. The SMILES string of the molecule is CC1=NN(c2ccccc2)C(=O)/C1=C/c1cccn1-c1ccc(Cl)cc1. The minimum absolute atomic E-state index is 0.127. The summed E-state index contributed by atoms with van der Waals surface area (Å²) in [5.41, 5.74) is 3.92. The molecular weight excluding hydrogens is 346 g/mol. The number of anilines is 1. The molecule has 0 fully saturated rings. The summed E-state index contributed by atoms with van der Waals surface area (Å²) >= 11 is 5.98. The van der Waals surface area contributed by atoms with Crippen molar-refractivity contribution in [3.63, 3.8) is 0 Å². The van der Waals surface area contributed by atoms with Gasteiger partial charge >= 0.3 is 0 Å². The standard InChI is InChI=1S/C21H16ClN3O/c1-15-20(21(26)25(23-15)18-6-3-2-4-7-18)14-19-8-5-13-24(19)17-11-9-16(22)10-12-17/h2-14H,1H3/b20-14+. The van der Waals surface area contributed by atoms with Crippen molar-refractivity contribution in [2.24, 2.45) is 5.10 Å². The van der Waals surface area contributed by atoms with Crippen LogP contribution in [0.15, 0.2) is 83.6 Å². The average Bonchev–Trinajstić information content (AvgIpc) is 3.23. The first-order valence-corrected chi connectivity index (χ1v) is 8.61. The highest BCUT2D eigenvalue weighted by molar-refractivity contribution is 6.32. The highest BCUT2D eigenvalue weighted by Crippen LogP contribution is 2.25. The molecule has 3 aromatic rings. The molecule has 0 unspecified atom stereocenters. The van der Waals surface area contributed by atoms with Gasteiger partial charge in [0.05, 0.1) is 17.0 Å². The van der Waals surface area contributed by atoms with E-state index in [2.05, 4.69) is 5.10 Å². The van der Waals surface area contributed by atoms with E-state index < -0.39 is 0 Å². The molecule has 0 saturated heterocycles. The van der Waals surface area contributed by atoms with Gasteiger partial charge in [-0.05, 0) is 61.5 Å². The van der Waals surface area contributed by atoms with Gasteiger partial charge in [-0.25, -0.2) is 0 Å². The summed E-state index contributed by atoms with van der Waals surface area (Å²) in [5.74, 6) is -0.127. The predicted octanol–water partition coefficient (Wildman–Crippen LogP) is 4.94. The van der Waals surface area contributed by atoms with Gasteiger partial charge in [-0.2, -0.15) is 10.1 Å². The van der Waals surface area contributed by atoms with Crippen LogP contribution in [-0.2, 0) is 4.79 Å². The number of hydrogen-bond donors (Lipinski definition) is 0. The molecule has 1 aliphatic rings. The van der Waals surface area contributed by atoms with Crippen LogP contribution in [0.1, 0.15) is 12.6 Å². The Morgan fingerprint density at radius 1 is 0.923 bits per heavy atom. The Kier molecular flexibility index (Phi) is 4.19. The lowest BCUT2D eigenvalue weighted by Gasteiger charge is -2.11. The smallest absolute Gasteiger partial charge is 0.280 e. The molecule has 2 aromatic carbocycles. The maximum atomic E-state index is 12.9. The molecule has 2 heterocycles. The molecule has 0 spiro atoms. The van der Waals surface area contributed by atoms with E-state index in [1.54, 1.807) is 0 Å². The first-order chi connectivity index (χ1) is 12.6. The van der Waals surface area contributed by atoms with Gasteiger partial charge in [0.2, 0.25) is 0 Å². The molecule has 0 N–H and O–H groups in total. The Balaban J connectivity index is 1.70. The Hall–Kier alpha value is -3.11. The fraction of sp³-hybridized carbons (Fsp3) is 0.0476. The van der Waals surface area contributed by atoms with Crippen LogP contribution in [0.25, 0.3) is 11.8 Å². The van der Waals surface area contributed by atoms with Crippen LogP contribution in [0.4, 0.5) is 5.69 Å². The summed E-state index contributed by atoms with van der Waals surface area (Å²) in [4.78, 5) is 12.9. The molecule has 5 heteroatoms. The van der Waals surface area contributed by atoms with Gasteiger partial charge in [0.25, 0.3) is 5.91 Å². The quantitative estimate of drug-likeness (QED) is 0.609. The largest absolute Gasteiger partial charge is 0.317 e. The van der Waals surface area contributed by atoms with Crippen molar-refractivity contribution >= 4 is 35.0 Å². The Bertz CT molecular complexity index is 1020. The summed E-state index contributed by atoms with van der Waals surface area (Å²) in [7, 11) is 0. The zero-order valence-electron chi connectivity index (χ0n) is 14.1. The molecular formula is C21H16ClN3O. The minimum atomic E-state index is -0.127. The predicted molar refractivity (Wildman–Crippen MR) is 106 cm³/mol. The second kappa shape index (κ2) is 6.65. The fourth-order valence-electron chi connectivity index (χ4n) is 2.92. The summed E-state index contributed by atoms with van der Waals surface area (Å²) in [6.07, 6.45) is 3.83. The van der Waals surface area contributed by atoms with Gasteiger partial charge < -0.3 is 4.57 Å². The molecule has 1 amide bonds. The van der Waals surface area contributed by atoms with E-state index >= 15 is 0 Å². The average molecular weight is 362 g/mol. The number of carbonyl (C=O) groups excluding carboxylic acids is 1. The van der Waals surface area contributed by atoms with Crippen molar-refractivity contribution in [2.75, 3.05) is 5.01 Å². The highest BCUT2D eigenvalue weighted by atomic mass is 35.5. The van der Waals surface area contributed by atoms with Crippen LogP contribution in [0, 0.1) is 0 Å². The highest BCUT2D eigenvalue weighted by Gasteiger charge is 2.28. The molecule has 0 aliphatic carbocycles. The van der Waals surface area contributed by atoms with Crippen molar-refractivity contribution in [2.45, 2.75) is 6.92 Å². The zero-order valence-corrected chi connectivity index (χ0v) is 14.9. The molecule has 0 bridgehead atoms. The maximum absolute atomic E-state index is 12.9. The summed E-state index contributed by atoms with van der Waals surface area (Å²) in [6, 6.07) is 20.9. The number of para-hydroxylation sites is 1. The van der Waals surface area contributed by atoms with Gasteiger partial charge in [-0.15, -0.1) is 0 Å². The molecule has 4 nitrogen and oxygen atoms in total. The van der Waals surface area contributed by atoms with Crippen molar-refractivity contribution in [1.29, 1.82) is 0 Å². The second-order valence-corrected chi connectivity index (χ2v) is 6.41. The lowest BCUT2D eigenvalue weighted by Crippen LogP contribution is -2.21. The molecule has 128 valence electrons. The minimum Gasteiger partial charge on any atom is -0.317 e. The van der Waals surface area contributed by atoms with Crippen LogP contribution in [0.3, 0.4) is 0 Å². The number of nitrogens with zero attached hydrogens (tertiary/aromatic N) is 3. The van der Waals surface area contributed by atoms with Crippen molar-refractivity contribution in [3.05, 3.63) is 89.2 Å². The maximum Gasteiger partial charge on any atom is 0.280 e. The Morgan fingerprint density at radius 3 is 2.38 bits per heavy atom. The summed E-state index contributed by atoms with van der Waals surface area (Å²) < 4.78 is 2.01. The van der Waals surface area contributed by atoms with E-state index in [0.717, 1.165) is 17.1 Å². The fourth-order valence-corrected chi connectivity index (χ4v) is 3.05. The van der Waals surface area contributed by atoms with Crippen molar-refractivity contribution in [1.82, 2.24) is 4.57 Å². The molecule has 0 radical (unpaired) electrons. The molecule has 0 saturated carbocycles. The number of benzene rings is 2. The molecule has 1 aliphatic heterocycles. The second-order valence-electron chi connectivity index (χ2n) is 5.98.